The van der Waals surface area contributed by atoms with Gasteiger partial charge in [0.2, 0.25) is 0 Å². The smallest absolute Gasteiger partial charge is 0.279 e. The molecule has 2 N–H and O–H groups in total. The van der Waals surface area contributed by atoms with Crippen molar-refractivity contribution in [2.45, 2.75) is 4.90 Å². The Kier molecular flexibility index (Phi) is 5.26. The number of hydrogen-bond donors (Lipinski definition) is 2. The lowest BCUT2D eigenvalue weighted by Crippen LogP contribution is -2.15. The maximum absolute atomic E-state index is 11.8. The molecule has 0 aliphatic rings. The summed E-state index contributed by atoms with van der Waals surface area (Å²) < 4.78 is 56.6. The molecule has 0 fully saturated rings. The standard InChI is InChI=1S/C9H13NO7S2/c1-16-10-8-3-2-4-9(7-8)18(11,12)6-5-17-19(13,14)15/h2-4,7,10H,5-6H2,1H3,(H,13,14,15). The van der Waals surface area contributed by atoms with Gasteiger partial charge in [0, 0.05) is 0 Å². The number of nitrogens with one attached hydrogen (secondary N) is 1. The first kappa shape index (κ1) is 15.9. The van der Waals surface area contributed by atoms with Crippen molar-refractivity contribution in [3.05, 3.63) is 24.3 Å². The van der Waals surface area contributed by atoms with Gasteiger partial charge < -0.3 is 0 Å². The Bertz CT molecular complexity index is 624. The second-order valence-electron chi connectivity index (χ2n) is 3.40. The first-order valence-electron chi connectivity index (χ1n) is 4.98. The third-order valence-corrected chi connectivity index (χ3v) is 4.14. The van der Waals surface area contributed by atoms with Gasteiger partial charge in [-0.25, -0.2) is 12.6 Å². The molecule has 0 amide bonds. The van der Waals surface area contributed by atoms with Gasteiger partial charge >= 0.3 is 10.4 Å². The van der Waals surface area contributed by atoms with E-state index in [4.69, 9.17) is 4.55 Å². The number of hydrogen-bond acceptors (Lipinski definition) is 7. The van der Waals surface area contributed by atoms with Crippen LogP contribution in [0.25, 0.3) is 0 Å². The fourth-order valence-electron chi connectivity index (χ4n) is 1.24. The van der Waals surface area contributed by atoms with E-state index in [1.54, 1.807) is 6.07 Å². The molecule has 0 aliphatic carbocycles. The van der Waals surface area contributed by atoms with E-state index in [1.165, 1.54) is 25.3 Å². The van der Waals surface area contributed by atoms with Crippen LogP contribution in [0.2, 0.25) is 0 Å². The Balaban J connectivity index is 2.79. The molecular formula is C9H13NO7S2. The number of sulfone groups is 1. The molecule has 0 unspecified atom stereocenters. The molecule has 0 saturated heterocycles. The molecule has 10 heteroatoms. The zero-order valence-electron chi connectivity index (χ0n) is 9.94. The second kappa shape index (κ2) is 6.30. The lowest BCUT2D eigenvalue weighted by molar-refractivity contribution is 0.271. The molecule has 108 valence electrons. The Morgan fingerprint density at radius 3 is 2.53 bits per heavy atom. The van der Waals surface area contributed by atoms with Crippen LogP contribution in [0.5, 0.6) is 0 Å². The van der Waals surface area contributed by atoms with Crippen LogP contribution in [0, 0.1) is 0 Å². The number of rotatable bonds is 7. The van der Waals surface area contributed by atoms with Crippen LogP contribution in [-0.2, 0) is 29.3 Å². The second-order valence-corrected chi connectivity index (χ2v) is 6.60. The van der Waals surface area contributed by atoms with Crippen LogP contribution < -0.4 is 5.48 Å². The van der Waals surface area contributed by atoms with E-state index in [0.717, 1.165) is 0 Å². The van der Waals surface area contributed by atoms with Gasteiger partial charge in [0.1, 0.15) is 0 Å². The Morgan fingerprint density at radius 2 is 1.95 bits per heavy atom. The zero-order chi connectivity index (χ0) is 14.5. The van der Waals surface area contributed by atoms with E-state index >= 15 is 0 Å². The third-order valence-electron chi connectivity index (χ3n) is 2.00. The Labute approximate surface area is 111 Å². The fourth-order valence-corrected chi connectivity index (χ4v) is 2.77. The maximum atomic E-state index is 11.8. The maximum Gasteiger partial charge on any atom is 0.397 e. The minimum absolute atomic E-state index is 0.0199. The lowest BCUT2D eigenvalue weighted by atomic mass is 10.3. The van der Waals surface area contributed by atoms with Gasteiger partial charge in [0.25, 0.3) is 0 Å². The first-order valence-corrected chi connectivity index (χ1v) is 8.00. The number of benzene rings is 1. The monoisotopic (exact) mass is 311 g/mol. The van der Waals surface area contributed by atoms with E-state index < -0.39 is 32.6 Å². The minimum atomic E-state index is -4.64. The largest absolute Gasteiger partial charge is 0.397 e. The summed E-state index contributed by atoms with van der Waals surface area (Å²) in [5.41, 5.74) is 2.90. The lowest BCUT2D eigenvalue weighted by Gasteiger charge is -2.07. The van der Waals surface area contributed by atoms with Gasteiger partial charge in [0.15, 0.2) is 9.84 Å². The van der Waals surface area contributed by atoms with Gasteiger partial charge in [0.05, 0.1) is 30.1 Å². The van der Waals surface area contributed by atoms with Crippen molar-refractivity contribution < 1.29 is 30.4 Å². The van der Waals surface area contributed by atoms with E-state index in [1.807, 2.05) is 0 Å². The van der Waals surface area contributed by atoms with Gasteiger partial charge in [-0.3, -0.25) is 14.9 Å². The van der Waals surface area contributed by atoms with Crippen molar-refractivity contribution in [3.63, 3.8) is 0 Å². The van der Waals surface area contributed by atoms with Crippen molar-refractivity contribution in [1.29, 1.82) is 0 Å². The van der Waals surface area contributed by atoms with Crippen molar-refractivity contribution in [1.82, 2.24) is 0 Å². The van der Waals surface area contributed by atoms with E-state index in [-0.39, 0.29) is 4.90 Å². The molecule has 19 heavy (non-hydrogen) atoms. The van der Waals surface area contributed by atoms with Crippen molar-refractivity contribution in [2.24, 2.45) is 0 Å². The summed E-state index contributed by atoms with van der Waals surface area (Å²) in [4.78, 5) is 4.62. The van der Waals surface area contributed by atoms with Crippen molar-refractivity contribution >= 4 is 25.9 Å². The molecule has 0 heterocycles. The molecule has 0 atom stereocenters. The highest BCUT2D eigenvalue weighted by atomic mass is 32.3. The molecule has 1 aromatic carbocycles. The predicted octanol–water partition coefficient (Wildman–Crippen LogP) is 0.253. The van der Waals surface area contributed by atoms with E-state index in [2.05, 4.69) is 14.5 Å². The molecule has 8 nitrogen and oxygen atoms in total. The highest BCUT2D eigenvalue weighted by molar-refractivity contribution is 7.91. The normalized spacial score (nSPS) is 12.3. The quantitative estimate of drug-likeness (QED) is 0.543. The summed E-state index contributed by atoms with van der Waals surface area (Å²) in [7, 11) is -6.99. The van der Waals surface area contributed by atoms with Crippen molar-refractivity contribution in [3.8, 4) is 0 Å². The van der Waals surface area contributed by atoms with Crippen LogP contribution in [0.1, 0.15) is 0 Å². The van der Waals surface area contributed by atoms with E-state index in [0.29, 0.717) is 5.69 Å². The van der Waals surface area contributed by atoms with E-state index in [9.17, 15) is 16.8 Å². The summed E-state index contributed by atoms with van der Waals surface area (Å²) in [6.07, 6.45) is 0. The summed E-state index contributed by atoms with van der Waals surface area (Å²) in [5, 5.41) is 0. The molecule has 0 radical (unpaired) electrons. The highest BCUT2D eigenvalue weighted by Gasteiger charge is 2.16. The molecule has 0 aromatic heterocycles. The molecule has 1 aromatic rings. The average Bonchev–Trinajstić information content (AvgIpc) is 2.28. The number of anilines is 1. The SMILES string of the molecule is CONc1cccc(S(=O)(=O)CCOS(=O)(=O)O)c1. The molecular weight excluding hydrogens is 298 g/mol. The highest BCUT2D eigenvalue weighted by Crippen LogP contribution is 2.16. The van der Waals surface area contributed by atoms with Crippen LogP contribution in [0.4, 0.5) is 5.69 Å². The topological polar surface area (TPSA) is 119 Å². The Morgan fingerprint density at radius 1 is 1.26 bits per heavy atom. The summed E-state index contributed by atoms with van der Waals surface area (Å²) in [5.74, 6) is -0.580. The van der Waals surface area contributed by atoms with Gasteiger partial charge in [-0.2, -0.15) is 8.42 Å². The Hall–Kier alpha value is -1.20. The summed E-state index contributed by atoms with van der Waals surface area (Å²) >= 11 is 0. The first-order chi connectivity index (χ1) is 8.74. The summed E-state index contributed by atoms with van der Waals surface area (Å²) in [6.45, 7) is -0.664. The van der Waals surface area contributed by atoms with Gasteiger partial charge in [-0.05, 0) is 18.2 Å². The van der Waals surface area contributed by atoms with Crippen LogP contribution in [-0.4, -0.2) is 40.9 Å². The molecule has 1 rings (SSSR count). The molecule has 0 bridgehead atoms. The summed E-state index contributed by atoms with van der Waals surface area (Å²) in [6, 6.07) is 5.77. The average molecular weight is 311 g/mol. The van der Waals surface area contributed by atoms with Crippen LogP contribution in [0.15, 0.2) is 29.2 Å². The molecule has 0 saturated carbocycles. The van der Waals surface area contributed by atoms with Crippen molar-refractivity contribution in [2.75, 3.05) is 24.9 Å². The van der Waals surface area contributed by atoms with Crippen LogP contribution in [0.3, 0.4) is 0 Å². The van der Waals surface area contributed by atoms with Gasteiger partial charge in [-0.15, -0.1) is 0 Å². The predicted molar refractivity (Wildman–Crippen MR) is 66.6 cm³/mol. The van der Waals surface area contributed by atoms with Gasteiger partial charge in [-0.1, -0.05) is 6.07 Å². The van der Waals surface area contributed by atoms with Crippen LogP contribution >= 0.6 is 0 Å². The zero-order valence-corrected chi connectivity index (χ0v) is 11.6. The minimum Gasteiger partial charge on any atom is -0.279 e. The fraction of sp³-hybridized carbons (Fsp3) is 0.333. The molecule has 0 aliphatic heterocycles. The third kappa shape index (κ3) is 5.53. The molecule has 0 spiro atoms.